The highest BCUT2D eigenvalue weighted by Gasteiger charge is 2.11. The molecule has 0 unspecified atom stereocenters. The number of nitrogen functional groups attached to an aromatic ring is 1. The van der Waals surface area contributed by atoms with Crippen LogP contribution in [0.3, 0.4) is 0 Å². The first kappa shape index (κ1) is 12.8. The van der Waals surface area contributed by atoms with Gasteiger partial charge in [0.05, 0.1) is 0 Å². The van der Waals surface area contributed by atoms with E-state index in [0.29, 0.717) is 5.92 Å². The standard InChI is InChI=1S/C13H18N4S/c1-9(2)12-15-13(18-16-12)17(3)8-10-4-6-11(14)7-5-10/h4-7,9H,8,14H2,1-3H3. The molecular weight excluding hydrogens is 244 g/mol. The molecule has 0 aliphatic rings. The van der Waals surface area contributed by atoms with Crippen LogP contribution in [0.4, 0.5) is 10.8 Å². The van der Waals surface area contributed by atoms with Crippen molar-refractivity contribution in [1.82, 2.24) is 9.36 Å². The van der Waals surface area contributed by atoms with E-state index < -0.39 is 0 Å². The van der Waals surface area contributed by atoms with E-state index in [0.717, 1.165) is 23.2 Å². The first-order valence-corrected chi connectivity index (χ1v) is 6.72. The van der Waals surface area contributed by atoms with Gasteiger partial charge in [0, 0.05) is 36.7 Å². The smallest absolute Gasteiger partial charge is 0.205 e. The molecule has 0 saturated carbocycles. The van der Waals surface area contributed by atoms with Crippen LogP contribution in [0, 0.1) is 0 Å². The van der Waals surface area contributed by atoms with Gasteiger partial charge in [0.2, 0.25) is 5.13 Å². The summed E-state index contributed by atoms with van der Waals surface area (Å²) in [6.07, 6.45) is 0. The molecule has 0 saturated heterocycles. The number of aromatic nitrogens is 2. The van der Waals surface area contributed by atoms with E-state index in [4.69, 9.17) is 5.73 Å². The largest absolute Gasteiger partial charge is 0.399 e. The van der Waals surface area contributed by atoms with Crippen molar-refractivity contribution in [1.29, 1.82) is 0 Å². The molecule has 4 nitrogen and oxygen atoms in total. The molecule has 0 aliphatic carbocycles. The highest BCUT2D eigenvalue weighted by molar-refractivity contribution is 7.09. The first-order chi connectivity index (χ1) is 8.56. The summed E-state index contributed by atoms with van der Waals surface area (Å²) in [4.78, 5) is 6.64. The maximum absolute atomic E-state index is 5.67. The molecule has 0 fully saturated rings. The van der Waals surface area contributed by atoms with Crippen LogP contribution in [0.1, 0.15) is 31.2 Å². The van der Waals surface area contributed by atoms with Gasteiger partial charge < -0.3 is 10.6 Å². The van der Waals surface area contributed by atoms with Gasteiger partial charge in [-0.1, -0.05) is 26.0 Å². The van der Waals surface area contributed by atoms with Crippen LogP contribution in [0.15, 0.2) is 24.3 Å². The van der Waals surface area contributed by atoms with Gasteiger partial charge in [0.15, 0.2) is 0 Å². The van der Waals surface area contributed by atoms with Gasteiger partial charge in [-0.25, -0.2) is 4.98 Å². The normalized spacial score (nSPS) is 10.9. The molecule has 1 heterocycles. The van der Waals surface area contributed by atoms with Crippen molar-refractivity contribution in [3.63, 3.8) is 0 Å². The summed E-state index contributed by atoms with van der Waals surface area (Å²) in [5, 5.41) is 0.954. The number of rotatable bonds is 4. The minimum Gasteiger partial charge on any atom is -0.399 e. The fourth-order valence-electron chi connectivity index (χ4n) is 1.58. The van der Waals surface area contributed by atoms with Crippen LogP contribution in [-0.2, 0) is 6.54 Å². The van der Waals surface area contributed by atoms with Crippen molar-refractivity contribution in [2.45, 2.75) is 26.3 Å². The van der Waals surface area contributed by atoms with Crippen molar-refractivity contribution in [3.05, 3.63) is 35.7 Å². The highest BCUT2D eigenvalue weighted by atomic mass is 32.1. The van der Waals surface area contributed by atoms with Crippen molar-refractivity contribution >= 4 is 22.4 Å². The van der Waals surface area contributed by atoms with Crippen molar-refractivity contribution in [2.75, 3.05) is 17.7 Å². The predicted molar refractivity (Wildman–Crippen MR) is 77.0 cm³/mol. The molecule has 2 rings (SSSR count). The molecule has 2 aromatic rings. The van der Waals surface area contributed by atoms with Crippen LogP contribution in [0.25, 0.3) is 0 Å². The SMILES string of the molecule is CC(C)c1nsc(N(C)Cc2ccc(N)cc2)n1. The quantitative estimate of drug-likeness (QED) is 0.861. The zero-order chi connectivity index (χ0) is 13.1. The molecule has 5 heteroatoms. The number of anilines is 2. The lowest BCUT2D eigenvalue weighted by atomic mass is 10.2. The molecule has 0 spiro atoms. The molecule has 0 radical (unpaired) electrons. The maximum Gasteiger partial charge on any atom is 0.205 e. The van der Waals surface area contributed by atoms with Gasteiger partial charge in [-0.3, -0.25) is 0 Å². The summed E-state index contributed by atoms with van der Waals surface area (Å²) in [5.41, 5.74) is 7.68. The first-order valence-electron chi connectivity index (χ1n) is 5.95. The molecule has 18 heavy (non-hydrogen) atoms. The predicted octanol–water partition coefficient (Wildman–Crippen LogP) is 2.88. The third kappa shape index (κ3) is 2.98. The Morgan fingerprint density at radius 2 is 1.94 bits per heavy atom. The molecule has 2 N–H and O–H groups in total. The second kappa shape index (κ2) is 5.35. The number of benzene rings is 1. The summed E-state index contributed by atoms with van der Waals surface area (Å²) >= 11 is 1.45. The lowest BCUT2D eigenvalue weighted by molar-refractivity contribution is 0.792. The summed E-state index contributed by atoms with van der Waals surface area (Å²) < 4.78 is 4.36. The van der Waals surface area contributed by atoms with E-state index in [-0.39, 0.29) is 0 Å². The van der Waals surface area contributed by atoms with E-state index in [2.05, 4.69) is 28.1 Å². The van der Waals surface area contributed by atoms with Crippen LogP contribution < -0.4 is 10.6 Å². The van der Waals surface area contributed by atoms with E-state index >= 15 is 0 Å². The molecule has 1 aromatic carbocycles. The Bertz CT molecular complexity index is 504. The van der Waals surface area contributed by atoms with Gasteiger partial charge in [-0.15, -0.1) is 0 Å². The number of nitrogens with two attached hydrogens (primary N) is 1. The summed E-state index contributed by atoms with van der Waals surface area (Å²) in [6, 6.07) is 7.91. The van der Waals surface area contributed by atoms with Crippen LogP contribution in [0.5, 0.6) is 0 Å². The third-order valence-corrected chi connectivity index (χ3v) is 3.52. The topological polar surface area (TPSA) is 55.0 Å². The van der Waals surface area contributed by atoms with Gasteiger partial charge in [-0.2, -0.15) is 4.37 Å². The van der Waals surface area contributed by atoms with Crippen molar-refractivity contribution in [2.24, 2.45) is 0 Å². The van der Waals surface area contributed by atoms with Crippen LogP contribution in [0.2, 0.25) is 0 Å². The lowest BCUT2D eigenvalue weighted by Gasteiger charge is -2.15. The number of nitrogens with zero attached hydrogens (tertiary/aromatic N) is 3. The molecule has 1 aromatic heterocycles. The van der Waals surface area contributed by atoms with Crippen LogP contribution in [-0.4, -0.2) is 16.4 Å². The monoisotopic (exact) mass is 262 g/mol. The fraction of sp³-hybridized carbons (Fsp3) is 0.385. The summed E-state index contributed by atoms with van der Waals surface area (Å²) in [7, 11) is 2.03. The summed E-state index contributed by atoms with van der Waals surface area (Å²) in [6.45, 7) is 5.02. The zero-order valence-electron chi connectivity index (χ0n) is 10.9. The third-order valence-electron chi connectivity index (χ3n) is 2.67. The van der Waals surface area contributed by atoms with E-state index in [1.807, 2.05) is 31.3 Å². The molecule has 0 aliphatic heterocycles. The average molecular weight is 262 g/mol. The van der Waals surface area contributed by atoms with E-state index in [1.54, 1.807) is 0 Å². The Morgan fingerprint density at radius 3 is 2.50 bits per heavy atom. The molecule has 0 bridgehead atoms. The molecule has 0 amide bonds. The van der Waals surface area contributed by atoms with Crippen LogP contribution >= 0.6 is 11.5 Å². The van der Waals surface area contributed by atoms with E-state index in [9.17, 15) is 0 Å². The Labute approximate surface area is 112 Å². The Kier molecular flexibility index (Phi) is 3.81. The minimum atomic E-state index is 0.375. The minimum absolute atomic E-state index is 0.375. The second-order valence-electron chi connectivity index (χ2n) is 4.69. The van der Waals surface area contributed by atoms with E-state index in [1.165, 1.54) is 17.1 Å². The van der Waals surface area contributed by atoms with Gasteiger partial charge in [0.25, 0.3) is 0 Å². The number of hydrogen-bond donors (Lipinski definition) is 1. The second-order valence-corrected chi connectivity index (χ2v) is 5.42. The maximum atomic E-state index is 5.67. The fourth-order valence-corrected chi connectivity index (χ4v) is 2.35. The average Bonchev–Trinajstić information content (AvgIpc) is 2.81. The van der Waals surface area contributed by atoms with Crippen molar-refractivity contribution < 1.29 is 0 Å². The molecular formula is C13H18N4S. The Morgan fingerprint density at radius 1 is 1.28 bits per heavy atom. The van der Waals surface area contributed by atoms with Gasteiger partial charge in [0.1, 0.15) is 5.82 Å². The summed E-state index contributed by atoms with van der Waals surface area (Å²) in [5.74, 6) is 1.29. The lowest BCUT2D eigenvalue weighted by Crippen LogP contribution is -2.16. The number of hydrogen-bond acceptors (Lipinski definition) is 5. The van der Waals surface area contributed by atoms with Crippen molar-refractivity contribution in [3.8, 4) is 0 Å². The zero-order valence-corrected chi connectivity index (χ0v) is 11.7. The van der Waals surface area contributed by atoms with Gasteiger partial charge in [-0.05, 0) is 17.7 Å². The van der Waals surface area contributed by atoms with Gasteiger partial charge >= 0.3 is 0 Å². The molecule has 96 valence electrons. The Balaban J connectivity index is 2.06. The highest BCUT2D eigenvalue weighted by Crippen LogP contribution is 2.21. The molecule has 0 atom stereocenters. The Hall–Kier alpha value is -1.62.